The Labute approximate surface area is 157 Å². The number of nitrogens with zero attached hydrogens (tertiary/aromatic N) is 1. The van der Waals surface area contributed by atoms with E-state index in [1.54, 1.807) is 12.1 Å². The summed E-state index contributed by atoms with van der Waals surface area (Å²) >= 11 is 0. The molecule has 2 atom stereocenters. The Balaban J connectivity index is 1.67. The second-order valence-electron chi connectivity index (χ2n) is 7.08. The molecule has 2 heterocycles. The number of fused-ring (bicyclic) bond motifs is 1. The van der Waals surface area contributed by atoms with Crippen LogP contribution in [0.1, 0.15) is 35.8 Å². The van der Waals surface area contributed by atoms with Crippen LogP contribution >= 0.6 is 0 Å². The minimum atomic E-state index is -0.269. The standard InChI is InChI=1S/C22H23FN2O2/c1-15(21-11-6-12-27-21)24-22(26)20-13-16-7-3-5-10-19(16)25(20)14-17-8-2-4-9-18(17)23/h2-5,7-10,13,15,21H,6,11-12,14H2,1H3,(H,24,26)/t15-,21+/m1/s1. The molecule has 0 unspecified atom stereocenters. The molecule has 1 aromatic heterocycles. The molecule has 1 fully saturated rings. The first kappa shape index (κ1) is 17.7. The Bertz CT molecular complexity index is 960. The van der Waals surface area contributed by atoms with E-state index in [2.05, 4.69) is 5.32 Å². The predicted molar refractivity (Wildman–Crippen MR) is 103 cm³/mol. The van der Waals surface area contributed by atoms with Gasteiger partial charge in [0.25, 0.3) is 5.91 Å². The summed E-state index contributed by atoms with van der Waals surface area (Å²) in [4.78, 5) is 13.0. The van der Waals surface area contributed by atoms with Gasteiger partial charge in [0.15, 0.2) is 0 Å². The van der Waals surface area contributed by atoms with E-state index in [0.29, 0.717) is 17.8 Å². The molecule has 4 rings (SSSR count). The van der Waals surface area contributed by atoms with Crippen molar-refractivity contribution in [2.24, 2.45) is 0 Å². The van der Waals surface area contributed by atoms with Crippen molar-refractivity contribution in [2.75, 3.05) is 6.61 Å². The fourth-order valence-electron chi connectivity index (χ4n) is 3.74. The SMILES string of the molecule is C[C@@H](NC(=O)c1cc2ccccc2n1Cc1ccccc1F)[C@@H]1CCCO1. The van der Waals surface area contributed by atoms with Crippen LogP contribution in [0.5, 0.6) is 0 Å². The van der Waals surface area contributed by atoms with E-state index in [1.165, 1.54) is 6.07 Å². The summed E-state index contributed by atoms with van der Waals surface area (Å²) in [7, 11) is 0. The van der Waals surface area contributed by atoms with Gasteiger partial charge in [0.05, 0.1) is 18.7 Å². The summed E-state index contributed by atoms with van der Waals surface area (Å²) < 4.78 is 21.8. The zero-order valence-corrected chi connectivity index (χ0v) is 15.3. The second kappa shape index (κ2) is 7.53. The van der Waals surface area contributed by atoms with Crippen LogP contribution < -0.4 is 5.32 Å². The fraction of sp³-hybridized carbons (Fsp3) is 0.318. The molecule has 1 aliphatic rings. The third-order valence-electron chi connectivity index (χ3n) is 5.21. The minimum Gasteiger partial charge on any atom is -0.376 e. The number of para-hydroxylation sites is 1. The number of hydrogen-bond acceptors (Lipinski definition) is 2. The van der Waals surface area contributed by atoms with Gasteiger partial charge in [-0.1, -0.05) is 36.4 Å². The monoisotopic (exact) mass is 366 g/mol. The summed E-state index contributed by atoms with van der Waals surface area (Å²) in [6.45, 7) is 3.02. The minimum absolute atomic E-state index is 0.0540. The van der Waals surface area contributed by atoms with Crippen molar-refractivity contribution < 1.29 is 13.9 Å². The van der Waals surface area contributed by atoms with E-state index in [4.69, 9.17) is 4.74 Å². The second-order valence-corrected chi connectivity index (χ2v) is 7.08. The van der Waals surface area contributed by atoms with Gasteiger partial charge in [-0.2, -0.15) is 0 Å². The Morgan fingerprint density at radius 2 is 2.04 bits per heavy atom. The largest absolute Gasteiger partial charge is 0.376 e. The average molecular weight is 366 g/mol. The van der Waals surface area contributed by atoms with Crippen LogP contribution in [0.4, 0.5) is 4.39 Å². The van der Waals surface area contributed by atoms with Crippen LogP contribution in [0.25, 0.3) is 10.9 Å². The highest BCUT2D eigenvalue weighted by Crippen LogP contribution is 2.23. The molecular formula is C22H23FN2O2. The zero-order chi connectivity index (χ0) is 18.8. The van der Waals surface area contributed by atoms with Crippen molar-refractivity contribution in [1.29, 1.82) is 0 Å². The van der Waals surface area contributed by atoms with Crippen LogP contribution in [0.2, 0.25) is 0 Å². The van der Waals surface area contributed by atoms with Gasteiger partial charge in [-0.25, -0.2) is 4.39 Å². The number of hydrogen-bond donors (Lipinski definition) is 1. The molecule has 3 aromatic rings. The molecule has 1 N–H and O–H groups in total. The smallest absolute Gasteiger partial charge is 0.268 e. The lowest BCUT2D eigenvalue weighted by atomic mass is 10.1. The summed E-state index contributed by atoms with van der Waals surface area (Å²) in [5.74, 6) is -0.431. The lowest BCUT2D eigenvalue weighted by molar-refractivity contribution is 0.0707. The highest BCUT2D eigenvalue weighted by atomic mass is 19.1. The Kier molecular flexibility index (Phi) is 4.94. The summed E-state index contributed by atoms with van der Waals surface area (Å²) in [6, 6.07) is 16.3. The van der Waals surface area contributed by atoms with Gasteiger partial charge in [-0.3, -0.25) is 4.79 Å². The van der Waals surface area contributed by atoms with E-state index in [0.717, 1.165) is 30.4 Å². The van der Waals surface area contributed by atoms with Gasteiger partial charge in [-0.05, 0) is 38.0 Å². The molecule has 1 aliphatic heterocycles. The molecule has 4 nitrogen and oxygen atoms in total. The maximum atomic E-state index is 14.2. The number of benzene rings is 2. The molecule has 2 aromatic carbocycles. The van der Waals surface area contributed by atoms with Crippen molar-refractivity contribution in [2.45, 2.75) is 38.5 Å². The number of rotatable bonds is 5. The molecule has 0 saturated carbocycles. The van der Waals surface area contributed by atoms with E-state index in [1.807, 2.05) is 47.9 Å². The molecule has 0 spiro atoms. The lowest BCUT2D eigenvalue weighted by Crippen LogP contribution is -2.41. The first-order valence-electron chi connectivity index (χ1n) is 9.37. The van der Waals surface area contributed by atoms with Gasteiger partial charge in [0.2, 0.25) is 0 Å². The van der Waals surface area contributed by atoms with E-state index >= 15 is 0 Å². The first-order chi connectivity index (χ1) is 13.1. The quantitative estimate of drug-likeness (QED) is 0.738. The number of nitrogens with one attached hydrogen (secondary N) is 1. The molecule has 1 saturated heterocycles. The average Bonchev–Trinajstić information content (AvgIpc) is 3.32. The van der Waals surface area contributed by atoms with Crippen molar-refractivity contribution >= 4 is 16.8 Å². The molecule has 1 amide bonds. The van der Waals surface area contributed by atoms with Crippen molar-refractivity contribution in [3.8, 4) is 0 Å². The molecule has 5 heteroatoms. The van der Waals surface area contributed by atoms with Gasteiger partial charge in [-0.15, -0.1) is 0 Å². The van der Waals surface area contributed by atoms with Crippen LogP contribution in [0.3, 0.4) is 0 Å². The highest BCUT2D eigenvalue weighted by molar-refractivity contribution is 5.99. The molecule has 27 heavy (non-hydrogen) atoms. The normalized spacial score (nSPS) is 17.9. The molecule has 140 valence electrons. The predicted octanol–water partition coefficient (Wildman–Crippen LogP) is 4.13. The first-order valence-corrected chi connectivity index (χ1v) is 9.37. The number of amides is 1. The van der Waals surface area contributed by atoms with Crippen LogP contribution in [0.15, 0.2) is 54.6 Å². The number of carbonyl (C=O) groups is 1. The van der Waals surface area contributed by atoms with Crippen molar-refractivity contribution in [3.63, 3.8) is 0 Å². The van der Waals surface area contributed by atoms with Crippen molar-refractivity contribution in [3.05, 3.63) is 71.7 Å². The number of aromatic nitrogens is 1. The zero-order valence-electron chi connectivity index (χ0n) is 15.3. The maximum absolute atomic E-state index is 14.2. The van der Waals surface area contributed by atoms with Gasteiger partial charge < -0.3 is 14.6 Å². The lowest BCUT2D eigenvalue weighted by Gasteiger charge is -2.20. The van der Waals surface area contributed by atoms with E-state index in [-0.39, 0.29) is 23.9 Å². The molecular weight excluding hydrogens is 343 g/mol. The molecule has 0 bridgehead atoms. The van der Waals surface area contributed by atoms with Crippen molar-refractivity contribution in [1.82, 2.24) is 9.88 Å². The van der Waals surface area contributed by atoms with Crippen LogP contribution in [-0.4, -0.2) is 29.2 Å². The highest BCUT2D eigenvalue weighted by Gasteiger charge is 2.25. The Morgan fingerprint density at radius 1 is 1.26 bits per heavy atom. The fourth-order valence-corrected chi connectivity index (χ4v) is 3.74. The summed E-state index contributed by atoms with van der Waals surface area (Å²) in [6.07, 6.45) is 2.04. The third-order valence-corrected chi connectivity index (χ3v) is 5.21. The third kappa shape index (κ3) is 3.60. The Hall–Kier alpha value is -2.66. The number of ether oxygens (including phenoxy) is 1. The number of carbonyl (C=O) groups excluding carboxylic acids is 1. The van der Waals surface area contributed by atoms with E-state index < -0.39 is 0 Å². The Morgan fingerprint density at radius 3 is 2.81 bits per heavy atom. The number of halogens is 1. The van der Waals surface area contributed by atoms with Crippen LogP contribution in [-0.2, 0) is 11.3 Å². The van der Waals surface area contributed by atoms with Gasteiger partial charge >= 0.3 is 0 Å². The molecule has 0 aliphatic carbocycles. The topological polar surface area (TPSA) is 43.3 Å². The molecule has 0 radical (unpaired) electrons. The van der Waals surface area contributed by atoms with Crippen LogP contribution in [0, 0.1) is 5.82 Å². The summed E-state index contributed by atoms with van der Waals surface area (Å²) in [5.41, 5.74) is 2.00. The summed E-state index contributed by atoms with van der Waals surface area (Å²) in [5, 5.41) is 4.02. The van der Waals surface area contributed by atoms with Gasteiger partial charge in [0.1, 0.15) is 11.5 Å². The maximum Gasteiger partial charge on any atom is 0.268 e. The van der Waals surface area contributed by atoms with E-state index in [9.17, 15) is 9.18 Å². The van der Waals surface area contributed by atoms with Gasteiger partial charge in [0, 0.05) is 23.1 Å².